The average Bonchev–Trinajstić information content (AvgIpc) is 3.46. The molecule has 40 heavy (non-hydrogen) atoms. The molecule has 3 aromatic rings. The van der Waals surface area contributed by atoms with Gasteiger partial charge in [0.1, 0.15) is 10.6 Å². The van der Waals surface area contributed by atoms with Gasteiger partial charge in [0.25, 0.3) is 0 Å². The third kappa shape index (κ3) is 12.4. The van der Waals surface area contributed by atoms with E-state index in [1.54, 1.807) is 11.3 Å². The summed E-state index contributed by atoms with van der Waals surface area (Å²) in [6.07, 6.45) is 23.7. The van der Waals surface area contributed by atoms with E-state index in [0.29, 0.717) is 10.6 Å². The largest absolute Gasteiger partial charge is 0.422 e. The van der Waals surface area contributed by atoms with E-state index < -0.39 is 0 Å². The Kier molecular flexibility index (Phi) is 15.8. The minimum atomic E-state index is -0.259. The second-order valence-electron chi connectivity index (χ2n) is 11.3. The smallest absolute Gasteiger partial charge is 0.353 e. The maximum absolute atomic E-state index is 12.7. The van der Waals surface area contributed by atoms with Crippen molar-refractivity contribution in [3.63, 3.8) is 0 Å². The number of aryl methyl sites for hydroxylation is 2. The molecular weight excluding hydrogens is 508 g/mol. The summed E-state index contributed by atoms with van der Waals surface area (Å²) in [5.74, 6) is 0.336. The second kappa shape index (κ2) is 19.6. The summed E-state index contributed by atoms with van der Waals surface area (Å²) in [6.45, 7) is 4.54. The van der Waals surface area contributed by atoms with E-state index in [0.717, 1.165) is 18.4 Å². The lowest BCUT2D eigenvalue weighted by atomic mass is 10.0. The van der Waals surface area contributed by atoms with Gasteiger partial charge in [-0.3, -0.25) is 0 Å². The molecule has 0 amide bonds. The van der Waals surface area contributed by atoms with Crippen molar-refractivity contribution < 1.29 is 9.53 Å². The Morgan fingerprint density at radius 3 is 1.57 bits per heavy atom. The fourth-order valence-corrected chi connectivity index (χ4v) is 6.18. The van der Waals surface area contributed by atoms with Gasteiger partial charge in [-0.2, -0.15) is 0 Å². The highest BCUT2D eigenvalue weighted by Crippen LogP contribution is 2.25. The van der Waals surface area contributed by atoms with Gasteiger partial charge in [0.2, 0.25) is 0 Å². The van der Waals surface area contributed by atoms with E-state index in [4.69, 9.17) is 4.74 Å². The maximum atomic E-state index is 12.7. The van der Waals surface area contributed by atoms with Gasteiger partial charge in [-0.25, -0.2) is 4.79 Å². The first-order valence-corrected chi connectivity index (χ1v) is 17.0. The Hall–Kier alpha value is -2.39. The number of carbonyl (C=O) groups is 1. The van der Waals surface area contributed by atoms with Crippen LogP contribution in [0.3, 0.4) is 0 Å². The van der Waals surface area contributed by atoms with E-state index in [1.807, 2.05) is 30.3 Å². The zero-order chi connectivity index (χ0) is 28.3. The molecule has 3 rings (SSSR count). The summed E-state index contributed by atoms with van der Waals surface area (Å²) in [5.41, 5.74) is 3.75. The summed E-state index contributed by atoms with van der Waals surface area (Å²) in [5, 5.41) is 0. The molecule has 2 nitrogen and oxygen atoms in total. The van der Waals surface area contributed by atoms with Crippen molar-refractivity contribution >= 4 is 17.3 Å². The Morgan fingerprint density at radius 2 is 1.02 bits per heavy atom. The van der Waals surface area contributed by atoms with Crippen LogP contribution in [-0.4, -0.2) is 5.97 Å². The van der Waals surface area contributed by atoms with Gasteiger partial charge in [-0.05, 0) is 66.6 Å². The van der Waals surface area contributed by atoms with E-state index in [1.165, 1.54) is 119 Å². The molecular formula is C37H52O2S. The van der Waals surface area contributed by atoms with Crippen LogP contribution in [0.5, 0.6) is 5.75 Å². The van der Waals surface area contributed by atoms with Gasteiger partial charge in [0.05, 0.1) is 0 Å². The van der Waals surface area contributed by atoms with Gasteiger partial charge in [-0.1, -0.05) is 140 Å². The fourth-order valence-electron chi connectivity index (χ4n) is 5.25. The number of esters is 1. The quantitative estimate of drug-likeness (QED) is 0.0735. The first-order chi connectivity index (χ1) is 19.7. The third-order valence-corrected chi connectivity index (χ3v) is 8.94. The fraction of sp³-hybridized carbons (Fsp3) is 0.541. The first kappa shape index (κ1) is 32.1. The molecule has 0 saturated heterocycles. The molecule has 1 aromatic heterocycles. The lowest BCUT2D eigenvalue weighted by Gasteiger charge is -2.07. The molecule has 3 heteroatoms. The minimum Gasteiger partial charge on any atom is -0.422 e. The van der Waals surface area contributed by atoms with Crippen molar-refractivity contribution in [1.82, 2.24) is 0 Å². The van der Waals surface area contributed by atoms with E-state index in [9.17, 15) is 4.79 Å². The summed E-state index contributed by atoms with van der Waals surface area (Å²) in [7, 11) is 0. The number of thiophene rings is 1. The standard InChI is InChI=1S/C37H52O2S/c1-3-5-7-9-11-13-15-17-19-31-21-23-32(24-22-31)33-25-27-34(28-26-33)39-37(38)36-30-29-35(40-36)20-18-16-14-12-10-8-6-4-2/h21-30H,3-20H2,1-2H3. The van der Waals surface area contributed by atoms with E-state index >= 15 is 0 Å². The molecule has 218 valence electrons. The number of hydrogen-bond acceptors (Lipinski definition) is 3. The zero-order valence-corrected chi connectivity index (χ0v) is 26.0. The molecule has 0 atom stereocenters. The lowest BCUT2D eigenvalue weighted by molar-refractivity contribution is 0.0740. The normalized spacial score (nSPS) is 11.2. The zero-order valence-electron chi connectivity index (χ0n) is 25.2. The highest BCUT2D eigenvalue weighted by atomic mass is 32.1. The SMILES string of the molecule is CCCCCCCCCCc1ccc(-c2ccc(OC(=O)c3ccc(CCCCCCCCCC)s3)cc2)cc1. The highest BCUT2D eigenvalue weighted by Gasteiger charge is 2.12. The van der Waals surface area contributed by atoms with Gasteiger partial charge in [-0.15, -0.1) is 11.3 Å². The molecule has 0 N–H and O–H groups in total. The molecule has 0 spiro atoms. The predicted molar refractivity (Wildman–Crippen MR) is 174 cm³/mol. The van der Waals surface area contributed by atoms with Gasteiger partial charge in [0.15, 0.2) is 0 Å². The molecule has 0 aliphatic carbocycles. The molecule has 0 fully saturated rings. The van der Waals surface area contributed by atoms with Crippen molar-refractivity contribution in [2.24, 2.45) is 0 Å². The van der Waals surface area contributed by atoms with Crippen LogP contribution in [0.4, 0.5) is 0 Å². The molecule has 0 unspecified atom stereocenters. The molecule has 0 saturated carbocycles. The summed E-state index contributed by atoms with van der Waals surface area (Å²) >= 11 is 1.57. The monoisotopic (exact) mass is 560 g/mol. The maximum Gasteiger partial charge on any atom is 0.353 e. The lowest BCUT2D eigenvalue weighted by Crippen LogP contribution is -2.06. The summed E-state index contributed by atoms with van der Waals surface area (Å²) in [4.78, 5) is 14.7. The molecule has 0 aliphatic rings. The van der Waals surface area contributed by atoms with Crippen molar-refractivity contribution in [1.29, 1.82) is 0 Å². The van der Waals surface area contributed by atoms with Crippen LogP contribution in [0.2, 0.25) is 0 Å². The van der Waals surface area contributed by atoms with Crippen LogP contribution in [0.25, 0.3) is 11.1 Å². The van der Waals surface area contributed by atoms with Crippen molar-refractivity contribution in [3.8, 4) is 16.9 Å². The molecule has 0 aliphatic heterocycles. The van der Waals surface area contributed by atoms with Crippen molar-refractivity contribution in [2.75, 3.05) is 0 Å². The van der Waals surface area contributed by atoms with Crippen LogP contribution in [0.1, 0.15) is 137 Å². The van der Waals surface area contributed by atoms with Crippen molar-refractivity contribution in [2.45, 2.75) is 129 Å². The third-order valence-electron chi connectivity index (χ3n) is 7.81. The Bertz CT molecular complexity index is 1060. The number of hydrogen-bond donors (Lipinski definition) is 0. The van der Waals surface area contributed by atoms with Gasteiger partial charge >= 0.3 is 5.97 Å². The summed E-state index contributed by atoms with van der Waals surface area (Å²) in [6, 6.07) is 20.8. The van der Waals surface area contributed by atoms with Crippen LogP contribution in [0.15, 0.2) is 60.7 Å². The summed E-state index contributed by atoms with van der Waals surface area (Å²) < 4.78 is 5.68. The molecule has 0 radical (unpaired) electrons. The Balaban J connectivity index is 1.35. The number of carbonyl (C=O) groups excluding carboxylic acids is 1. The number of rotatable bonds is 21. The predicted octanol–water partition coefficient (Wildman–Crippen LogP) is 12.0. The second-order valence-corrected chi connectivity index (χ2v) is 12.5. The van der Waals surface area contributed by atoms with Crippen molar-refractivity contribution in [3.05, 3.63) is 76.0 Å². The molecule has 2 aromatic carbocycles. The van der Waals surface area contributed by atoms with Gasteiger partial charge < -0.3 is 4.74 Å². The van der Waals surface area contributed by atoms with Crippen LogP contribution >= 0.6 is 11.3 Å². The van der Waals surface area contributed by atoms with Gasteiger partial charge in [0, 0.05) is 4.88 Å². The first-order valence-electron chi connectivity index (χ1n) is 16.2. The Labute approximate surface area is 248 Å². The molecule has 1 heterocycles. The van der Waals surface area contributed by atoms with E-state index in [2.05, 4.69) is 44.2 Å². The minimum absolute atomic E-state index is 0.259. The van der Waals surface area contributed by atoms with Crippen LogP contribution in [0, 0.1) is 0 Å². The average molecular weight is 561 g/mol. The topological polar surface area (TPSA) is 26.3 Å². The number of unbranched alkanes of at least 4 members (excludes halogenated alkanes) is 14. The van der Waals surface area contributed by atoms with Crippen LogP contribution in [-0.2, 0) is 12.8 Å². The Morgan fingerprint density at radius 1 is 0.550 bits per heavy atom. The number of ether oxygens (including phenoxy) is 1. The van der Waals surface area contributed by atoms with Crippen LogP contribution < -0.4 is 4.74 Å². The highest BCUT2D eigenvalue weighted by molar-refractivity contribution is 7.13. The molecule has 0 bridgehead atoms. The number of benzene rings is 2. The van der Waals surface area contributed by atoms with E-state index in [-0.39, 0.29) is 5.97 Å².